The Morgan fingerprint density at radius 3 is 2.71 bits per heavy atom. The van der Waals surface area contributed by atoms with Crippen LogP contribution < -0.4 is 5.73 Å². The van der Waals surface area contributed by atoms with Gasteiger partial charge >= 0.3 is 0 Å². The monoisotopic (exact) mass is 251 g/mol. The van der Waals surface area contributed by atoms with Gasteiger partial charge in [0.05, 0.1) is 4.99 Å². The Labute approximate surface area is 108 Å². The lowest BCUT2D eigenvalue weighted by Crippen LogP contribution is -2.41. The summed E-state index contributed by atoms with van der Waals surface area (Å²) in [4.78, 5) is 6.13. The lowest BCUT2D eigenvalue weighted by molar-refractivity contribution is 0.168. The van der Waals surface area contributed by atoms with Crippen LogP contribution in [0.5, 0.6) is 0 Å². The van der Waals surface area contributed by atoms with E-state index < -0.39 is 0 Å². The molecule has 1 aromatic heterocycles. The summed E-state index contributed by atoms with van der Waals surface area (Å²) >= 11 is 5.23. The van der Waals surface area contributed by atoms with Crippen molar-refractivity contribution in [3.8, 4) is 0 Å². The lowest BCUT2D eigenvalue weighted by Gasteiger charge is -2.36. The third kappa shape index (κ3) is 2.87. The molecule has 0 radical (unpaired) electrons. The van der Waals surface area contributed by atoms with Crippen molar-refractivity contribution < 1.29 is 0 Å². The number of H-pyrrole nitrogens is 1. The average molecular weight is 251 g/mol. The number of nitrogens with zero attached hydrogens (tertiary/aromatic N) is 1. The molecule has 17 heavy (non-hydrogen) atoms. The summed E-state index contributed by atoms with van der Waals surface area (Å²) in [5.74, 6) is 0. The van der Waals surface area contributed by atoms with Crippen LogP contribution in [0.1, 0.15) is 43.8 Å². The summed E-state index contributed by atoms with van der Waals surface area (Å²) < 4.78 is 0. The number of hydrogen-bond acceptors (Lipinski definition) is 2. The van der Waals surface area contributed by atoms with E-state index in [0.717, 1.165) is 5.69 Å². The lowest BCUT2D eigenvalue weighted by atomic mass is 9.93. The van der Waals surface area contributed by atoms with Gasteiger partial charge in [-0.05, 0) is 32.0 Å². The summed E-state index contributed by atoms with van der Waals surface area (Å²) in [5.41, 5.74) is 7.01. The van der Waals surface area contributed by atoms with Crippen molar-refractivity contribution in [1.82, 2.24) is 9.88 Å². The molecule has 3 N–H and O–H groups in total. The molecule has 94 valence electrons. The molecule has 1 unspecified atom stereocenters. The number of rotatable bonds is 4. The minimum Gasteiger partial charge on any atom is -0.392 e. The van der Waals surface area contributed by atoms with E-state index in [9.17, 15) is 0 Å². The first-order valence-electron chi connectivity index (χ1n) is 6.34. The molecule has 0 amide bonds. The van der Waals surface area contributed by atoms with Crippen molar-refractivity contribution in [3.63, 3.8) is 0 Å². The molecule has 0 aromatic carbocycles. The quantitative estimate of drug-likeness (QED) is 0.809. The minimum absolute atomic E-state index is 0.0445. The summed E-state index contributed by atoms with van der Waals surface area (Å²) in [6, 6.07) is 4.71. The van der Waals surface area contributed by atoms with Gasteiger partial charge in [-0.3, -0.25) is 4.90 Å². The van der Waals surface area contributed by atoms with Crippen LogP contribution in [0.2, 0.25) is 0 Å². The SMILES string of the molecule is CN(C1CCCCC1)C(C(N)=S)c1ccc[nH]1. The molecular weight excluding hydrogens is 230 g/mol. The van der Waals surface area contributed by atoms with Crippen molar-refractivity contribution in [2.24, 2.45) is 5.73 Å². The fourth-order valence-electron chi connectivity index (χ4n) is 2.79. The smallest absolute Gasteiger partial charge is 0.101 e. The van der Waals surface area contributed by atoms with Crippen LogP contribution in [0, 0.1) is 0 Å². The number of nitrogens with one attached hydrogen (secondary N) is 1. The zero-order valence-electron chi connectivity index (χ0n) is 10.4. The van der Waals surface area contributed by atoms with Gasteiger partial charge in [0.25, 0.3) is 0 Å². The van der Waals surface area contributed by atoms with Gasteiger partial charge in [0.1, 0.15) is 6.04 Å². The van der Waals surface area contributed by atoms with Crippen molar-refractivity contribution in [2.45, 2.75) is 44.2 Å². The molecule has 0 bridgehead atoms. The highest BCUT2D eigenvalue weighted by molar-refractivity contribution is 7.80. The highest BCUT2D eigenvalue weighted by Gasteiger charge is 2.27. The zero-order valence-corrected chi connectivity index (χ0v) is 11.2. The van der Waals surface area contributed by atoms with Crippen molar-refractivity contribution in [1.29, 1.82) is 0 Å². The molecule has 1 atom stereocenters. The van der Waals surface area contributed by atoms with E-state index in [4.69, 9.17) is 18.0 Å². The normalized spacial score (nSPS) is 19.4. The standard InChI is InChI=1S/C13H21N3S/c1-16(10-6-3-2-4-7-10)12(13(14)17)11-8-5-9-15-11/h5,8-10,12,15H,2-4,6-7H2,1H3,(H2,14,17). The molecule has 1 fully saturated rings. The fraction of sp³-hybridized carbons (Fsp3) is 0.615. The van der Waals surface area contributed by atoms with E-state index >= 15 is 0 Å². The number of thiocarbonyl (C=S) groups is 1. The molecule has 0 spiro atoms. The highest BCUT2D eigenvalue weighted by atomic mass is 32.1. The van der Waals surface area contributed by atoms with E-state index in [1.807, 2.05) is 12.3 Å². The van der Waals surface area contributed by atoms with Crippen LogP contribution in [-0.2, 0) is 0 Å². The summed E-state index contributed by atoms with van der Waals surface area (Å²) in [7, 11) is 2.14. The third-order valence-corrected chi connectivity index (χ3v) is 3.97. The zero-order chi connectivity index (χ0) is 12.3. The topological polar surface area (TPSA) is 45.0 Å². The average Bonchev–Trinajstić information content (AvgIpc) is 2.83. The Morgan fingerprint density at radius 2 is 2.18 bits per heavy atom. The third-order valence-electron chi connectivity index (χ3n) is 3.74. The van der Waals surface area contributed by atoms with E-state index in [1.54, 1.807) is 0 Å². The number of nitrogens with two attached hydrogens (primary N) is 1. The van der Waals surface area contributed by atoms with Gasteiger partial charge in [-0.2, -0.15) is 0 Å². The van der Waals surface area contributed by atoms with Gasteiger partial charge in [-0.25, -0.2) is 0 Å². The number of aromatic amines is 1. The Balaban J connectivity index is 2.12. The van der Waals surface area contributed by atoms with Crippen LogP contribution in [-0.4, -0.2) is 28.0 Å². The maximum atomic E-state index is 5.91. The van der Waals surface area contributed by atoms with E-state index in [1.165, 1.54) is 32.1 Å². The summed E-state index contributed by atoms with van der Waals surface area (Å²) in [5, 5.41) is 0. The molecule has 1 saturated carbocycles. The number of likely N-dealkylation sites (N-methyl/N-ethyl adjacent to an activating group) is 1. The predicted octanol–water partition coefficient (Wildman–Crippen LogP) is 2.61. The molecule has 0 aliphatic heterocycles. The van der Waals surface area contributed by atoms with Crippen LogP contribution in [0.15, 0.2) is 18.3 Å². The molecule has 0 saturated heterocycles. The van der Waals surface area contributed by atoms with Crippen LogP contribution >= 0.6 is 12.2 Å². The first kappa shape index (κ1) is 12.6. The van der Waals surface area contributed by atoms with Crippen molar-refractivity contribution >= 4 is 17.2 Å². The molecule has 1 heterocycles. The van der Waals surface area contributed by atoms with Gasteiger partial charge in [0.2, 0.25) is 0 Å². The molecule has 3 nitrogen and oxygen atoms in total. The van der Waals surface area contributed by atoms with Gasteiger partial charge in [0, 0.05) is 17.9 Å². The molecule has 1 aliphatic rings. The first-order valence-corrected chi connectivity index (χ1v) is 6.75. The van der Waals surface area contributed by atoms with Crippen molar-refractivity contribution in [3.05, 3.63) is 24.0 Å². The van der Waals surface area contributed by atoms with Gasteiger partial charge in [0.15, 0.2) is 0 Å². The van der Waals surface area contributed by atoms with Gasteiger partial charge in [-0.15, -0.1) is 0 Å². The second-order valence-electron chi connectivity index (χ2n) is 4.89. The molecular formula is C13H21N3S. The maximum absolute atomic E-state index is 5.91. The Morgan fingerprint density at radius 1 is 1.47 bits per heavy atom. The van der Waals surface area contributed by atoms with E-state index in [2.05, 4.69) is 23.0 Å². The van der Waals surface area contributed by atoms with Gasteiger partial charge in [-0.1, -0.05) is 31.5 Å². The molecule has 4 heteroatoms. The van der Waals surface area contributed by atoms with E-state index in [-0.39, 0.29) is 6.04 Å². The van der Waals surface area contributed by atoms with Crippen LogP contribution in [0.25, 0.3) is 0 Å². The molecule has 1 aliphatic carbocycles. The number of hydrogen-bond donors (Lipinski definition) is 2. The van der Waals surface area contributed by atoms with Crippen molar-refractivity contribution in [2.75, 3.05) is 7.05 Å². The predicted molar refractivity (Wildman–Crippen MR) is 75.0 cm³/mol. The second kappa shape index (κ2) is 5.65. The fourth-order valence-corrected chi connectivity index (χ4v) is 3.08. The van der Waals surface area contributed by atoms with Gasteiger partial charge < -0.3 is 10.7 Å². The second-order valence-corrected chi connectivity index (χ2v) is 5.36. The Kier molecular flexibility index (Phi) is 4.18. The van der Waals surface area contributed by atoms with Crippen LogP contribution in [0.3, 0.4) is 0 Å². The molecule has 1 aromatic rings. The highest BCUT2D eigenvalue weighted by Crippen LogP contribution is 2.28. The largest absolute Gasteiger partial charge is 0.392 e. The Hall–Kier alpha value is -0.870. The van der Waals surface area contributed by atoms with Crippen LogP contribution in [0.4, 0.5) is 0 Å². The van der Waals surface area contributed by atoms with E-state index in [0.29, 0.717) is 11.0 Å². The number of aromatic nitrogens is 1. The summed E-state index contributed by atoms with van der Waals surface area (Å²) in [6.07, 6.45) is 8.46. The Bertz CT molecular complexity index is 355. The minimum atomic E-state index is 0.0445. The first-order chi connectivity index (χ1) is 8.20. The molecule has 2 rings (SSSR count). The summed E-state index contributed by atoms with van der Waals surface area (Å²) in [6.45, 7) is 0. The maximum Gasteiger partial charge on any atom is 0.101 e.